The number of methoxy groups -OCH3 is 1. The fraction of sp³-hybridized carbons (Fsp3) is 0.533. The van der Waals surface area contributed by atoms with Crippen LogP contribution in [0.5, 0.6) is 11.5 Å². The summed E-state index contributed by atoms with van der Waals surface area (Å²) in [6.45, 7) is 1.34. The molecule has 0 bridgehead atoms. The van der Waals surface area contributed by atoms with E-state index in [4.69, 9.17) is 9.47 Å². The molecular formula is C15H19NO3S. The Morgan fingerprint density at radius 1 is 1.45 bits per heavy atom. The summed E-state index contributed by atoms with van der Waals surface area (Å²) >= 11 is 4.31. The highest BCUT2D eigenvalue weighted by atomic mass is 32.1. The molecule has 2 heterocycles. The van der Waals surface area contributed by atoms with Crippen molar-refractivity contribution < 1.29 is 14.3 Å². The summed E-state index contributed by atoms with van der Waals surface area (Å²) < 4.78 is 11.2. The first-order valence-electron chi connectivity index (χ1n) is 6.92. The molecule has 0 aliphatic carbocycles. The minimum Gasteiger partial charge on any atom is -0.493 e. The highest BCUT2D eigenvalue weighted by Gasteiger charge is 2.36. The van der Waals surface area contributed by atoms with Gasteiger partial charge in [0.15, 0.2) is 11.5 Å². The zero-order chi connectivity index (χ0) is 14.1. The first kappa shape index (κ1) is 13.6. The molecular weight excluding hydrogens is 274 g/mol. The monoisotopic (exact) mass is 293 g/mol. The van der Waals surface area contributed by atoms with Gasteiger partial charge in [-0.1, -0.05) is 12.1 Å². The first-order chi connectivity index (χ1) is 9.72. The molecule has 0 aromatic heterocycles. The van der Waals surface area contributed by atoms with Gasteiger partial charge in [-0.2, -0.15) is 12.6 Å². The fourth-order valence-corrected chi connectivity index (χ4v) is 3.27. The second-order valence-corrected chi connectivity index (χ2v) is 5.78. The zero-order valence-electron chi connectivity index (χ0n) is 11.5. The number of benzene rings is 1. The number of ether oxygens (including phenoxy) is 2. The Kier molecular flexibility index (Phi) is 3.78. The first-order valence-corrected chi connectivity index (χ1v) is 7.55. The average Bonchev–Trinajstić information content (AvgIpc) is 2.87. The van der Waals surface area contributed by atoms with E-state index in [0.717, 1.165) is 35.8 Å². The molecule has 1 aromatic rings. The largest absolute Gasteiger partial charge is 0.493 e. The molecule has 4 nitrogen and oxygen atoms in total. The van der Waals surface area contributed by atoms with Crippen molar-refractivity contribution in [1.82, 2.24) is 4.90 Å². The molecule has 0 saturated carbocycles. The average molecular weight is 293 g/mol. The van der Waals surface area contributed by atoms with Crippen molar-refractivity contribution in [3.8, 4) is 11.5 Å². The molecule has 20 heavy (non-hydrogen) atoms. The molecule has 1 aromatic carbocycles. The normalized spacial score (nSPS) is 25.3. The Bertz CT molecular complexity index is 520. The van der Waals surface area contributed by atoms with Crippen LogP contribution in [-0.2, 0) is 11.2 Å². The lowest BCUT2D eigenvalue weighted by molar-refractivity contribution is -0.130. The van der Waals surface area contributed by atoms with Crippen molar-refractivity contribution in [3.63, 3.8) is 0 Å². The smallest absolute Gasteiger partial charge is 0.223 e. The summed E-state index contributed by atoms with van der Waals surface area (Å²) in [5, 5.41) is 0. The summed E-state index contributed by atoms with van der Waals surface area (Å²) in [6.07, 6.45) is 1.45. The Morgan fingerprint density at radius 3 is 3.00 bits per heavy atom. The number of nitrogens with zero attached hydrogens (tertiary/aromatic N) is 1. The van der Waals surface area contributed by atoms with E-state index in [2.05, 4.69) is 12.6 Å². The number of rotatable bonds is 3. The SMILES string of the molecule is COc1cccc2c1OCC(N1CC(CS)CC1=O)C2. The number of fused-ring (bicyclic) bond motifs is 1. The Morgan fingerprint density at radius 2 is 2.30 bits per heavy atom. The van der Waals surface area contributed by atoms with Crippen molar-refractivity contribution >= 4 is 18.5 Å². The van der Waals surface area contributed by atoms with Gasteiger partial charge in [0.1, 0.15) is 6.61 Å². The number of para-hydroxylation sites is 1. The molecule has 2 aliphatic rings. The van der Waals surface area contributed by atoms with E-state index >= 15 is 0 Å². The third-order valence-electron chi connectivity index (χ3n) is 4.09. The van der Waals surface area contributed by atoms with Crippen LogP contribution in [0.25, 0.3) is 0 Å². The lowest BCUT2D eigenvalue weighted by Gasteiger charge is -2.33. The van der Waals surface area contributed by atoms with Crippen LogP contribution < -0.4 is 9.47 Å². The van der Waals surface area contributed by atoms with E-state index in [9.17, 15) is 4.79 Å². The number of thiol groups is 1. The van der Waals surface area contributed by atoms with Crippen LogP contribution in [0.2, 0.25) is 0 Å². The van der Waals surface area contributed by atoms with Crippen molar-refractivity contribution in [2.75, 3.05) is 26.0 Å². The molecule has 2 unspecified atom stereocenters. The Labute approximate surface area is 124 Å². The predicted octanol–water partition coefficient (Wildman–Crippen LogP) is 1.78. The maximum Gasteiger partial charge on any atom is 0.223 e. The lowest BCUT2D eigenvalue weighted by Crippen LogP contribution is -2.44. The summed E-state index contributed by atoms with van der Waals surface area (Å²) in [5.74, 6) is 2.95. The van der Waals surface area contributed by atoms with E-state index in [1.54, 1.807) is 7.11 Å². The van der Waals surface area contributed by atoms with Gasteiger partial charge in [-0.25, -0.2) is 0 Å². The van der Waals surface area contributed by atoms with Gasteiger partial charge in [-0.15, -0.1) is 0 Å². The third-order valence-corrected chi connectivity index (χ3v) is 4.61. The molecule has 1 fully saturated rings. The number of amides is 1. The molecule has 0 spiro atoms. The molecule has 5 heteroatoms. The maximum absolute atomic E-state index is 12.1. The molecule has 0 N–H and O–H groups in total. The van der Waals surface area contributed by atoms with Crippen LogP contribution >= 0.6 is 12.6 Å². The molecule has 2 aliphatic heterocycles. The van der Waals surface area contributed by atoms with E-state index in [-0.39, 0.29) is 11.9 Å². The molecule has 108 valence electrons. The lowest BCUT2D eigenvalue weighted by atomic mass is 10.0. The molecule has 0 radical (unpaired) electrons. The maximum atomic E-state index is 12.1. The van der Waals surface area contributed by atoms with Crippen molar-refractivity contribution in [1.29, 1.82) is 0 Å². The van der Waals surface area contributed by atoms with Crippen molar-refractivity contribution in [2.24, 2.45) is 5.92 Å². The Hall–Kier alpha value is -1.36. The highest BCUT2D eigenvalue weighted by Crippen LogP contribution is 2.36. The highest BCUT2D eigenvalue weighted by molar-refractivity contribution is 7.80. The quantitative estimate of drug-likeness (QED) is 0.863. The van der Waals surface area contributed by atoms with Crippen LogP contribution in [0.4, 0.5) is 0 Å². The standard InChI is InChI=1S/C15H19NO3S/c1-18-13-4-2-3-11-6-12(8-19-15(11)13)16-7-10(9-20)5-14(16)17/h2-4,10,12,20H,5-9H2,1H3. The number of carbonyl (C=O) groups is 1. The summed E-state index contributed by atoms with van der Waals surface area (Å²) in [5.41, 5.74) is 1.11. The Balaban J connectivity index is 1.78. The number of hydrogen-bond donors (Lipinski definition) is 1. The molecule has 3 rings (SSSR count). The van der Waals surface area contributed by atoms with Crippen molar-refractivity contribution in [3.05, 3.63) is 23.8 Å². The molecule has 2 atom stereocenters. The van der Waals surface area contributed by atoms with Crippen LogP contribution in [-0.4, -0.2) is 42.9 Å². The van der Waals surface area contributed by atoms with Crippen molar-refractivity contribution in [2.45, 2.75) is 18.9 Å². The predicted molar refractivity (Wildman–Crippen MR) is 79.7 cm³/mol. The van der Waals surface area contributed by atoms with E-state index in [1.807, 2.05) is 23.1 Å². The van der Waals surface area contributed by atoms with Gasteiger partial charge in [0.2, 0.25) is 5.91 Å². The second kappa shape index (κ2) is 5.56. The van der Waals surface area contributed by atoms with Crippen LogP contribution in [0.15, 0.2) is 18.2 Å². The fourth-order valence-electron chi connectivity index (χ4n) is 3.02. The zero-order valence-corrected chi connectivity index (χ0v) is 12.4. The van der Waals surface area contributed by atoms with Gasteiger partial charge in [0.25, 0.3) is 0 Å². The van der Waals surface area contributed by atoms with Gasteiger partial charge in [0, 0.05) is 18.5 Å². The summed E-state index contributed by atoms with van der Waals surface area (Å²) in [4.78, 5) is 14.1. The molecule has 1 saturated heterocycles. The topological polar surface area (TPSA) is 38.8 Å². The summed E-state index contributed by atoms with van der Waals surface area (Å²) in [6, 6.07) is 6.04. The van der Waals surface area contributed by atoms with Gasteiger partial charge in [0.05, 0.1) is 13.2 Å². The third kappa shape index (κ3) is 2.35. The minimum atomic E-state index is 0.131. The van der Waals surface area contributed by atoms with Gasteiger partial charge in [-0.05, 0) is 24.2 Å². The van der Waals surface area contributed by atoms with Gasteiger partial charge < -0.3 is 14.4 Å². The number of carbonyl (C=O) groups excluding carboxylic acids is 1. The second-order valence-electron chi connectivity index (χ2n) is 5.42. The van der Waals surface area contributed by atoms with Gasteiger partial charge >= 0.3 is 0 Å². The van der Waals surface area contributed by atoms with E-state index in [1.165, 1.54) is 0 Å². The van der Waals surface area contributed by atoms with Gasteiger partial charge in [-0.3, -0.25) is 4.79 Å². The molecule has 1 amide bonds. The van der Waals surface area contributed by atoms with E-state index in [0.29, 0.717) is 18.9 Å². The summed E-state index contributed by atoms with van der Waals surface area (Å²) in [7, 11) is 1.65. The minimum absolute atomic E-state index is 0.131. The van der Waals surface area contributed by atoms with Crippen LogP contribution in [0, 0.1) is 5.92 Å². The van der Waals surface area contributed by atoms with Crippen LogP contribution in [0.3, 0.4) is 0 Å². The van der Waals surface area contributed by atoms with Crippen LogP contribution in [0.1, 0.15) is 12.0 Å². The van der Waals surface area contributed by atoms with E-state index < -0.39 is 0 Å². The number of likely N-dealkylation sites (tertiary alicyclic amines) is 1. The number of hydrogen-bond acceptors (Lipinski definition) is 4.